The number of hydrogen-bond donors (Lipinski definition) is 1. The van der Waals surface area contributed by atoms with Crippen molar-refractivity contribution in [3.8, 4) is 40.2 Å². The Labute approximate surface area is 226 Å². The average molecular weight is 553 g/mol. The number of nitrogens with one attached hydrogen (secondary N) is 1. The number of methoxy groups -OCH3 is 3. The van der Waals surface area contributed by atoms with Crippen molar-refractivity contribution in [2.24, 2.45) is 0 Å². The molecule has 11 heteroatoms. The van der Waals surface area contributed by atoms with Gasteiger partial charge in [0.2, 0.25) is 26.6 Å². The fourth-order valence-corrected chi connectivity index (χ4v) is 5.41. The lowest BCUT2D eigenvalue weighted by Crippen LogP contribution is -2.16. The van der Waals surface area contributed by atoms with E-state index in [0.29, 0.717) is 60.5 Å². The molecule has 4 aromatic rings. The van der Waals surface area contributed by atoms with E-state index >= 15 is 0 Å². The molecule has 1 N–H and O–H groups in total. The molecule has 0 fully saturated rings. The largest absolute Gasteiger partial charge is 0.497 e. The number of aromatic nitrogens is 1. The minimum Gasteiger partial charge on any atom is -0.497 e. The molecule has 0 bridgehead atoms. The number of oxazole rings is 1. The van der Waals surface area contributed by atoms with Crippen LogP contribution >= 0.6 is 0 Å². The first-order valence-corrected chi connectivity index (χ1v) is 13.7. The van der Waals surface area contributed by atoms with Gasteiger partial charge in [-0.15, -0.1) is 0 Å². The molecular formula is C28H28N2O8S. The van der Waals surface area contributed by atoms with E-state index in [1.54, 1.807) is 51.7 Å². The Morgan fingerprint density at radius 3 is 2.31 bits per heavy atom. The van der Waals surface area contributed by atoms with E-state index in [2.05, 4.69) is 10.3 Å². The Kier molecular flexibility index (Phi) is 7.51. The van der Waals surface area contributed by atoms with Gasteiger partial charge in [0.15, 0.2) is 23.0 Å². The molecule has 0 saturated heterocycles. The SMILES string of the molecule is COc1ccc(-c2nc(S(=O)(=O)c3ccc4c(c3)OCCO4)c(NCCc3ccc(OC)c(OC)c3)o2)cc1. The van der Waals surface area contributed by atoms with Crippen LogP contribution in [-0.2, 0) is 16.3 Å². The van der Waals surface area contributed by atoms with Crippen molar-refractivity contribution in [1.29, 1.82) is 0 Å². The molecule has 1 aliphatic heterocycles. The van der Waals surface area contributed by atoms with Crippen LogP contribution in [0.3, 0.4) is 0 Å². The maximum absolute atomic E-state index is 13.8. The molecule has 1 aromatic heterocycles. The lowest BCUT2D eigenvalue weighted by molar-refractivity contribution is 0.171. The highest BCUT2D eigenvalue weighted by Gasteiger charge is 2.30. The van der Waals surface area contributed by atoms with Crippen molar-refractivity contribution in [3.63, 3.8) is 0 Å². The first-order chi connectivity index (χ1) is 18.9. The van der Waals surface area contributed by atoms with Crippen LogP contribution < -0.4 is 29.0 Å². The maximum Gasteiger partial charge on any atom is 0.233 e. The van der Waals surface area contributed by atoms with Gasteiger partial charge in [-0.2, -0.15) is 4.98 Å². The normalized spacial score (nSPS) is 12.6. The molecule has 5 rings (SSSR count). The van der Waals surface area contributed by atoms with E-state index in [-0.39, 0.29) is 21.7 Å². The van der Waals surface area contributed by atoms with Crippen molar-refractivity contribution in [3.05, 3.63) is 66.2 Å². The molecule has 0 atom stereocenters. The Hall–Kier alpha value is -4.38. The number of hydrogen-bond acceptors (Lipinski definition) is 10. The van der Waals surface area contributed by atoms with Gasteiger partial charge in [-0.25, -0.2) is 8.42 Å². The number of rotatable bonds is 10. The van der Waals surface area contributed by atoms with Crippen LogP contribution in [0.2, 0.25) is 0 Å². The standard InChI is InChI=1S/C28H28N2O8S/c1-33-20-7-5-19(6-8-20)26-30-28(39(31,32)21-9-11-23-25(17-21)37-15-14-36-23)27(38-26)29-13-12-18-4-10-22(34-2)24(16-18)35-3/h4-11,16-17,29H,12-15H2,1-3H3. The second kappa shape index (κ2) is 11.2. The summed E-state index contributed by atoms with van der Waals surface area (Å²) in [5.74, 6) is 2.94. The smallest absolute Gasteiger partial charge is 0.233 e. The Bertz CT molecular complexity index is 1570. The number of ether oxygens (including phenoxy) is 5. The van der Waals surface area contributed by atoms with Gasteiger partial charge in [-0.3, -0.25) is 0 Å². The molecule has 0 aliphatic carbocycles. The van der Waals surface area contributed by atoms with Crippen LogP contribution in [0.1, 0.15) is 5.56 Å². The number of anilines is 1. The van der Waals surface area contributed by atoms with Crippen LogP contribution in [0.25, 0.3) is 11.5 Å². The summed E-state index contributed by atoms with van der Waals surface area (Å²) >= 11 is 0. The summed E-state index contributed by atoms with van der Waals surface area (Å²) in [6.45, 7) is 1.11. The predicted molar refractivity (Wildman–Crippen MR) is 143 cm³/mol. The second-order valence-corrected chi connectivity index (χ2v) is 10.4. The Balaban J connectivity index is 1.46. The summed E-state index contributed by atoms with van der Waals surface area (Å²) in [5.41, 5.74) is 1.56. The van der Waals surface area contributed by atoms with E-state index in [9.17, 15) is 8.42 Å². The fourth-order valence-electron chi connectivity index (χ4n) is 4.12. The highest BCUT2D eigenvalue weighted by atomic mass is 32.2. The van der Waals surface area contributed by atoms with Crippen LogP contribution in [0, 0.1) is 0 Å². The van der Waals surface area contributed by atoms with Crippen molar-refractivity contribution < 1.29 is 36.5 Å². The quantitative estimate of drug-likeness (QED) is 0.298. The van der Waals surface area contributed by atoms with Crippen LogP contribution in [0.4, 0.5) is 5.88 Å². The average Bonchev–Trinajstić information content (AvgIpc) is 3.42. The van der Waals surface area contributed by atoms with Gasteiger partial charge in [0.1, 0.15) is 19.0 Å². The van der Waals surface area contributed by atoms with Gasteiger partial charge in [-0.05, 0) is 60.5 Å². The molecule has 0 amide bonds. The van der Waals surface area contributed by atoms with E-state index in [0.717, 1.165) is 5.56 Å². The maximum atomic E-state index is 13.8. The lowest BCUT2D eigenvalue weighted by atomic mass is 10.1. The van der Waals surface area contributed by atoms with E-state index in [4.69, 9.17) is 28.1 Å². The minimum atomic E-state index is -4.08. The molecule has 39 heavy (non-hydrogen) atoms. The first-order valence-electron chi connectivity index (χ1n) is 12.2. The Morgan fingerprint density at radius 2 is 1.59 bits per heavy atom. The topological polar surface area (TPSA) is 118 Å². The van der Waals surface area contributed by atoms with Crippen molar-refractivity contribution >= 4 is 15.7 Å². The monoisotopic (exact) mass is 552 g/mol. The summed E-state index contributed by atoms with van der Waals surface area (Å²) in [6, 6.07) is 17.1. The van der Waals surface area contributed by atoms with Gasteiger partial charge in [0.05, 0.1) is 26.2 Å². The summed E-state index contributed by atoms with van der Waals surface area (Å²) in [5, 5.41) is 2.89. The van der Waals surface area contributed by atoms with Crippen LogP contribution in [-0.4, -0.2) is 54.5 Å². The molecular weight excluding hydrogens is 524 g/mol. The minimum absolute atomic E-state index is 0.0178. The van der Waals surface area contributed by atoms with Gasteiger partial charge in [0.25, 0.3) is 0 Å². The summed E-state index contributed by atoms with van der Waals surface area (Å²) in [6.07, 6.45) is 0.558. The van der Waals surface area contributed by atoms with Crippen LogP contribution in [0.15, 0.2) is 75.0 Å². The zero-order chi connectivity index (χ0) is 27.4. The van der Waals surface area contributed by atoms with Crippen molar-refractivity contribution in [1.82, 2.24) is 4.98 Å². The summed E-state index contributed by atoms with van der Waals surface area (Å²) in [7, 11) is 0.636. The van der Waals surface area contributed by atoms with E-state index in [1.165, 1.54) is 12.1 Å². The molecule has 0 saturated carbocycles. The van der Waals surface area contributed by atoms with Gasteiger partial charge in [0, 0.05) is 18.2 Å². The van der Waals surface area contributed by atoms with Gasteiger partial charge in [-0.1, -0.05) is 6.07 Å². The molecule has 0 spiro atoms. The molecule has 10 nitrogen and oxygen atoms in total. The van der Waals surface area contributed by atoms with Crippen molar-refractivity contribution in [2.75, 3.05) is 46.4 Å². The molecule has 1 aliphatic rings. The zero-order valence-electron chi connectivity index (χ0n) is 21.7. The predicted octanol–water partition coefficient (Wildman–Crippen LogP) is 4.63. The zero-order valence-corrected chi connectivity index (χ0v) is 22.5. The molecule has 0 radical (unpaired) electrons. The molecule has 3 aromatic carbocycles. The van der Waals surface area contributed by atoms with Gasteiger partial charge < -0.3 is 33.4 Å². The van der Waals surface area contributed by atoms with Gasteiger partial charge >= 0.3 is 0 Å². The number of benzene rings is 3. The number of nitrogens with zero attached hydrogens (tertiary/aromatic N) is 1. The van der Waals surface area contributed by atoms with Crippen LogP contribution in [0.5, 0.6) is 28.7 Å². The highest BCUT2D eigenvalue weighted by molar-refractivity contribution is 7.91. The summed E-state index contributed by atoms with van der Waals surface area (Å²) in [4.78, 5) is 4.42. The fraction of sp³-hybridized carbons (Fsp3) is 0.250. The third kappa shape index (κ3) is 5.44. The van der Waals surface area contributed by atoms with E-state index in [1.807, 2.05) is 18.2 Å². The number of fused-ring (bicyclic) bond motifs is 1. The highest BCUT2D eigenvalue weighted by Crippen LogP contribution is 2.37. The third-order valence-corrected chi connectivity index (χ3v) is 7.82. The first kappa shape index (κ1) is 26.2. The van der Waals surface area contributed by atoms with Crippen molar-refractivity contribution in [2.45, 2.75) is 16.3 Å². The second-order valence-electron chi connectivity index (χ2n) is 8.56. The number of sulfone groups is 1. The Morgan fingerprint density at radius 1 is 0.846 bits per heavy atom. The van der Waals surface area contributed by atoms with E-state index < -0.39 is 9.84 Å². The lowest BCUT2D eigenvalue weighted by Gasteiger charge is -2.18. The third-order valence-electron chi connectivity index (χ3n) is 6.16. The molecule has 204 valence electrons. The summed E-state index contributed by atoms with van der Waals surface area (Å²) < 4.78 is 60.5. The molecule has 0 unspecified atom stereocenters. The molecule has 2 heterocycles.